The van der Waals surface area contributed by atoms with Gasteiger partial charge in [0, 0.05) is 32.7 Å². The summed E-state index contributed by atoms with van der Waals surface area (Å²) in [6.45, 7) is 6.83. The lowest BCUT2D eigenvalue weighted by Gasteiger charge is -2.35. The van der Waals surface area contributed by atoms with E-state index in [1.165, 1.54) is 13.2 Å². The molecule has 2 amide bonds. The number of carbonyl (C=O) groups is 2. The van der Waals surface area contributed by atoms with Gasteiger partial charge in [0.2, 0.25) is 11.8 Å². The average Bonchev–Trinajstić information content (AvgIpc) is 2.65. The fourth-order valence-corrected chi connectivity index (χ4v) is 2.92. The number of halogens is 1. The third-order valence-electron chi connectivity index (χ3n) is 4.78. The number of benzene rings is 1. The Morgan fingerprint density at radius 3 is 2.48 bits per heavy atom. The van der Waals surface area contributed by atoms with Crippen LogP contribution in [0.1, 0.15) is 19.4 Å². The topological polar surface area (TPSA) is 87.9 Å². The van der Waals surface area contributed by atoms with Gasteiger partial charge in [-0.05, 0) is 23.6 Å². The van der Waals surface area contributed by atoms with Crippen molar-refractivity contribution < 1.29 is 18.7 Å². The molecule has 1 saturated heterocycles. The highest BCUT2D eigenvalue weighted by Crippen LogP contribution is 2.19. The summed E-state index contributed by atoms with van der Waals surface area (Å²) in [7, 11) is 1.44. The van der Waals surface area contributed by atoms with Crippen molar-refractivity contribution in [3.05, 3.63) is 29.6 Å². The van der Waals surface area contributed by atoms with Crippen LogP contribution in [-0.2, 0) is 16.1 Å². The van der Waals surface area contributed by atoms with Crippen molar-refractivity contribution in [1.29, 1.82) is 0 Å². The lowest BCUT2D eigenvalue weighted by molar-refractivity contribution is -0.134. The molecule has 1 fully saturated rings. The molecule has 150 valence electrons. The van der Waals surface area contributed by atoms with Gasteiger partial charge in [0.15, 0.2) is 11.6 Å². The van der Waals surface area contributed by atoms with Crippen molar-refractivity contribution in [1.82, 2.24) is 15.1 Å². The van der Waals surface area contributed by atoms with Crippen LogP contribution in [0.25, 0.3) is 0 Å². The minimum Gasteiger partial charge on any atom is -0.494 e. The zero-order valence-corrected chi connectivity index (χ0v) is 16.2. The number of nitrogens with zero attached hydrogens (tertiary/aromatic N) is 2. The van der Waals surface area contributed by atoms with Gasteiger partial charge in [0.1, 0.15) is 0 Å². The number of methoxy groups -OCH3 is 1. The van der Waals surface area contributed by atoms with E-state index in [2.05, 4.69) is 10.2 Å². The van der Waals surface area contributed by atoms with Crippen LogP contribution in [0.15, 0.2) is 18.2 Å². The van der Waals surface area contributed by atoms with E-state index in [1.807, 2.05) is 19.9 Å². The Kier molecular flexibility index (Phi) is 7.55. The van der Waals surface area contributed by atoms with Crippen LogP contribution >= 0.6 is 0 Å². The molecular weight excluding hydrogens is 351 g/mol. The van der Waals surface area contributed by atoms with Crippen LogP contribution in [0.5, 0.6) is 5.75 Å². The van der Waals surface area contributed by atoms with Gasteiger partial charge in [-0.2, -0.15) is 0 Å². The number of ether oxygens (including phenoxy) is 1. The second-order valence-electron chi connectivity index (χ2n) is 7.11. The lowest BCUT2D eigenvalue weighted by Crippen LogP contribution is -2.52. The molecule has 7 nitrogen and oxygen atoms in total. The Hall–Kier alpha value is -2.19. The Labute approximate surface area is 159 Å². The molecule has 3 N–H and O–H groups in total. The van der Waals surface area contributed by atoms with Gasteiger partial charge in [0.25, 0.3) is 0 Å². The molecular formula is C19H29FN4O3. The molecule has 0 bridgehead atoms. The Bertz CT molecular complexity index is 660. The SMILES string of the molecule is COc1ccc(CN2CCN(C(=O)CNC(=O)[C@@H](N)C(C)C)CC2)cc1F. The third-order valence-corrected chi connectivity index (χ3v) is 4.78. The summed E-state index contributed by atoms with van der Waals surface area (Å²) in [4.78, 5) is 28.0. The maximum atomic E-state index is 13.8. The predicted molar refractivity (Wildman–Crippen MR) is 101 cm³/mol. The highest BCUT2D eigenvalue weighted by molar-refractivity contribution is 5.87. The number of carbonyl (C=O) groups excluding carboxylic acids is 2. The van der Waals surface area contributed by atoms with E-state index in [-0.39, 0.29) is 35.8 Å². The van der Waals surface area contributed by atoms with Gasteiger partial charge >= 0.3 is 0 Å². The zero-order chi connectivity index (χ0) is 20.0. The summed E-state index contributed by atoms with van der Waals surface area (Å²) < 4.78 is 18.7. The smallest absolute Gasteiger partial charge is 0.242 e. The predicted octanol–water partition coefficient (Wildman–Crippen LogP) is 0.578. The number of nitrogens with two attached hydrogens (primary N) is 1. The standard InChI is InChI=1S/C19H29FN4O3/c1-13(2)18(21)19(26)22-11-17(25)24-8-6-23(7-9-24)12-14-4-5-16(27-3)15(20)10-14/h4-5,10,13,18H,6-9,11-12,21H2,1-3H3,(H,22,26)/t18-/m0/s1. The Balaban J connectivity index is 1.77. The molecule has 0 spiro atoms. The van der Waals surface area contributed by atoms with E-state index >= 15 is 0 Å². The summed E-state index contributed by atoms with van der Waals surface area (Å²) in [5, 5.41) is 2.61. The fraction of sp³-hybridized carbons (Fsp3) is 0.579. The average molecular weight is 380 g/mol. The van der Waals surface area contributed by atoms with E-state index in [4.69, 9.17) is 10.5 Å². The van der Waals surface area contributed by atoms with Crippen molar-refractivity contribution >= 4 is 11.8 Å². The molecule has 0 aliphatic carbocycles. The van der Waals surface area contributed by atoms with Crippen molar-refractivity contribution in [3.8, 4) is 5.75 Å². The molecule has 27 heavy (non-hydrogen) atoms. The molecule has 0 saturated carbocycles. The van der Waals surface area contributed by atoms with Crippen molar-refractivity contribution in [3.63, 3.8) is 0 Å². The van der Waals surface area contributed by atoms with E-state index in [0.717, 1.165) is 5.56 Å². The van der Waals surface area contributed by atoms with Crippen LogP contribution in [0.3, 0.4) is 0 Å². The Morgan fingerprint density at radius 2 is 1.93 bits per heavy atom. The van der Waals surface area contributed by atoms with Gasteiger partial charge in [0.05, 0.1) is 19.7 Å². The quantitative estimate of drug-likeness (QED) is 0.722. The molecule has 0 unspecified atom stereocenters. The van der Waals surface area contributed by atoms with Crippen LogP contribution in [0.2, 0.25) is 0 Å². The Morgan fingerprint density at radius 1 is 1.26 bits per heavy atom. The maximum Gasteiger partial charge on any atom is 0.242 e. The maximum absolute atomic E-state index is 13.8. The molecule has 0 radical (unpaired) electrons. The summed E-state index contributed by atoms with van der Waals surface area (Å²) in [5.74, 6) is -0.549. The first-order valence-electron chi connectivity index (χ1n) is 9.17. The summed E-state index contributed by atoms with van der Waals surface area (Å²) in [6.07, 6.45) is 0. The second kappa shape index (κ2) is 9.66. The van der Waals surface area contributed by atoms with Crippen LogP contribution < -0.4 is 15.8 Å². The minimum atomic E-state index is -0.612. The third kappa shape index (κ3) is 5.90. The number of nitrogens with one attached hydrogen (secondary N) is 1. The molecule has 8 heteroatoms. The van der Waals surface area contributed by atoms with Crippen molar-refractivity contribution in [2.75, 3.05) is 39.8 Å². The second-order valence-corrected chi connectivity index (χ2v) is 7.11. The van der Waals surface area contributed by atoms with Gasteiger partial charge in [-0.15, -0.1) is 0 Å². The van der Waals surface area contributed by atoms with Crippen molar-refractivity contribution in [2.45, 2.75) is 26.4 Å². The van der Waals surface area contributed by atoms with Crippen LogP contribution in [-0.4, -0.2) is 67.5 Å². The summed E-state index contributed by atoms with van der Waals surface area (Å²) in [5.41, 5.74) is 6.63. The van der Waals surface area contributed by atoms with Crippen LogP contribution in [0.4, 0.5) is 4.39 Å². The van der Waals surface area contributed by atoms with Crippen LogP contribution in [0, 0.1) is 11.7 Å². The molecule has 1 heterocycles. The highest BCUT2D eigenvalue weighted by atomic mass is 19.1. The fourth-order valence-electron chi connectivity index (χ4n) is 2.92. The number of amides is 2. The summed E-state index contributed by atoms with van der Waals surface area (Å²) in [6, 6.07) is 4.32. The minimum absolute atomic E-state index is 0.0199. The normalized spacial score (nSPS) is 16.3. The van der Waals surface area contributed by atoms with E-state index in [1.54, 1.807) is 11.0 Å². The molecule has 2 rings (SSSR count). The number of piperazine rings is 1. The number of rotatable bonds is 7. The first-order valence-corrected chi connectivity index (χ1v) is 9.17. The first-order chi connectivity index (χ1) is 12.8. The first kappa shape index (κ1) is 21.1. The molecule has 0 aromatic heterocycles. The number of hydrogen-bond donors (Lipinski definition) is 2. The largest absolute Gasteiger partial charge is 0.494 e. The van der Waals surface area contributed by atoms with Gasteiger partial charge < -0.3 is 20.7 Å². The van der Waals surface area contributed by atoms with Gasteiger partial charge in [-0.3, -0.25) is 14.5 Å². The van der Waals surface area contributed by atoms with E-state index < -0.39 is 6.04 Å². The van der Waals surface area contributed by atoms with E-state index in [0.29, 0.717) is 32.7 Å². The van der Waals surface area contributed by atoms with Crippen molar-refractivity contribution in [2.24, 2.45) is 11.7 Å². The van der Waals surface area contributed by atoms with Gasteiger partial charge in [-0.25, -0.2) is 4.39 Å². The molecule has 1 aliphatic rings. The summed E-state index contributed by atoms with van der Waals surface area (Å²) >= 11 is 0. The molecule has 1 aromatic rings. The van der Waals surface area contributed by atoms with Gasteiger partial charge in [-0.1, -0.05) is 19.9 Å². The monoisotopic (exact) mass is 380 g/mol. The molecule has 1 aliphatic heterocycles. The zero-order valence-electron chi connectivity index (χ0n) is 16.2. The highest BCUT2D eigenvalue weighted by Gasteiger charge is 2.23. The molecule has 1 aromatic carbocycles. The lowest BCUT2D eigenvalue weighted by atomic mass is 10.1. The molecule has 1 atom stereocenters. The number of hydrogen-bond acceptors (Lipinski definition) is 5. The van der Waals surface area contributed by atoms with E-state index in [9.17, 15) is 14.0 Å².